The standard InChI is InChI=1S/C25H16ClN5O2S/c1-15-20(11-12-33-15)23-27-25-31(29-23)24(32)21(34-25)13-17-14-30(19-5-3-2-4-6-19)28-22(17)16-7-9-18(26)10-8-16/h2-14H,1H3. The van der Waals surface area contributed by atoms with Crippen molar-refractivity contribution in [2.45, 2.75) is 6.92 Å². The van der Waals surface area contributed by atoms with Gasteiger partial charge in [0.1, 0.15) is 11.5 Å². The van der Waals surface area contributed by atoms with Crippen LogP contribution >= 0.6 is 22.9 Å². The molecule has 0 atom stereocenters. The first-order valence-corrected chi connectivity index (χ1v) is 11.6. The molecule has 0 radical (unpaired) electrons. The molecule has 4 heterocycles. The number of thiazole rings is 1. The summed E-state index contributed by atoms with van der Waals surface area (Å²) in [6.07, 6.45) is 5.33. The highest BCUT2D eigenvalue weighted by molar-refractivity contribution is 7.15. The van der Waals surface area contributed by atoms with Gasteiger partial charge in [0, 0.05) is 22.3 Å². The van der Waals surface area contributed by atoms with Gasteiger partial charge >= 0.3 is 0 Å². The second-order valence-electron chi connectivity index (χ2n) is 7.66. The van der Waals surface area contributed by atoms with Crippen LogP contribution in [0.1, 0.15) is 11.3 Å². The van der Waals surface area contributed by atoms with Gasteiger partial charge in [0.05, 0.1) is 22.0 Å². The average molecular weight is 486 g/mol. The molecule has 0 bridgehead atoms. The Kier molecular flexibility index (Phi) is 4.90. The molecule has 2 aromatic carbocycles. The molecule has 0 aliphatic rings. The summed E-state index contributed by atoms with van der Waals surface area (Å²) in [6.45, 7) is 1.84. The number of aryl methyl sites for hydroxylation is 1. The summed E-state index contributed by atoms with van der Waals surface area (Å²) in [5.74, 6) is 1.18. The highest BCUT2D eigenvalue weighted by atomic mass is 35.5. The normalized spacial score (nSPS) is 12.1. The average Bonchev–Trinajstić information content (AvgIpc) is 3.61. The zero-order valence-electron chi connectivity index (χ0n) is 17.8. The van der Waals surface area contributed by atoms with E-state index in [0.29, 0.717) is 26.1 Å². The van der Waals surface area contributed by atoms with Crippen molar-refractivity contribution in [3.63, 3.8) is 0 Å². The molecule has 0 fully saturated rings. The molecule has 0 spiro atoms. The van der Waals surface area contributed by atoms with Crippen LogP contribution in [0.4, 0.5) is 0 Å². The molecule has 0 unspecified atom stereocenters. The summed E-state index contributed by atoms with van der Waals surface area (Å²) in [5.41, 5.74) is 3.91. The molecule has 6 aromatic rings. The van der Waals surface area contributed by atoms with Crippen LogP contribution in [0.5, 0.6) is 0 Å². The maximum atomic E-state index is 13.1. The zero-order valence-corrected chi connectivity index (χ0v) is 19.4. The van der Waals surface area contributed by atoms with Gasteiger partial charge in [0.25, 0.3) is 5.56 Å². The first-order valence-electron chi connectivity index (χ1n) is 10.4. The summed E-state index contributed by atoms with van der Waals surface area (Å²) >= 11 is 7.37. The van der Waals surface area contributed by atoms with Crippen molar-refractivity contribution < 1.29 is 4.42 Å². The van der Waals surface area contributed by atoms with Crippen LogP contribution in [0.3, 0.4) is 0 Å². The second-order valence-corrected chi connectivity index (χ2v) is 9.10. The van der Waals surface area contributed by atoms with Gasteiger partial charge < -0.3 is 4.42 Å². The predicted octanol–water partition coefficient (Wildman–Crippen LogP) is 4.77. The van der Waals surface area contributed by atoms with E-state index >= 15 is 0 Å². The van der Waals surface area contributed by atoms with Crippen LogP contribution < -0.4 is 10.1 Å². The number of hydrogen-bond donors (Lipinski definition) is 0. The van der Waals surface area contributed by atoms with Gasteiger partial charge in [-0.05, 0) is 43.3 Å². The topological polar surface area (TPSA) is 78.2 Å². The zero-order chi connectivity index (χ0) is 23.2. The summed E-state index contributed by atoms with van der Waals surface area (Å²) < 4.78 is 9.00. The van der Waals surface area contributed by atoms with Crippen LogP contribution in [0.25, 0.3) is 39.4 Å². The molecule has 0 saturated heterocycles. The SMILES string of the molecule is Cc1occc1-c1nc2sc(=Cc3cn(-c4ccccc4)nc3-c3ccc(Cl)cc3)c(=O)n2n1. The summed E-state index contributed by atoms with van der Waals surface area (Å²) in [4.78, 5) is 18.2. The van der Waals surface area contributed by atoms with Gasteiger partial charge in [0.2, 0.25) is 4.96 Å². The van der Waals surface area contributed by atoms with E-state index in [1.807, 2.05) is 73.8 Å². The lowest BCUT2D eigenvalue weighted by Gasteiger charge is -2.00. The number of hydrogen-bond acceptors (Lipinski definition) is 6. The number of halogens is 1. The minimum absolute atomic E-state index is 0.227. The Labute approximate surface area is 202 Å². The monoisotopic (exact) mass is 485 g/mol. The van der Waals surface area contributed by atoms with Gasteiger partial charge in [-0.1, -0.05) is 53.3 Å². The lowest BCUT2D eigenvalue weighted by atomic mass is 10.1. The van der Waals surface area contributed by atoms with Gasteiger partial charge in [-0.3, -0.25) is 4.79 Å². The highest BCUT2D eigenvalue weighted by Gasteiger charge is 2.16. The van der Waals surface area contributed by atoms with Crippen LogP contribution in [-0.2, 0) is 0 Å². The first kappa shape index (κ1) is 20.6. The Bertz CT molecular complexity index is 1750. The number of fused-ring (bicyclic) bond motifs is 1. The maximum Gasteiger partial charge on any atom is 0.291 e. The maximum absolute atomic E-state index is 13.1. The van der Waals surface area contributed by atoms with Crippen LogP contribution in [0, 0.1) is 6.92 Å². The fourth-order valence-corrected chi connectivity index (χ4v) is 4.77. The summed E-state index contributed by atoms with van der Waals surface area (Å²) in [6, 6.07) is 19.1. The molecule has 34 heavy (non-hydrogen) atoms. The van der Waals surface area contributed by atoms with Crippen molar-refractivity contribution in [2.75, 3.05) is 0 Å². The molecule has 7 nitrogen and oxygen atoms in total. The minimum Gasteiger partial charge on any atom is -0.469 e. The third-order valence-corrected chi connectivity index (χ3v) is 6.66. The van der Waals surface area contributed by atoms with Crippen LogP contribution in [-0.4, -0.2) is 24.4 Å². The Morgan fingerprint density at radius 1 is 1.03 bits per heavy atom. The van der Waals surface area contributed by atoms with E-state index in [1.165, 1.54) is 15.9 Å². The van der Waals surface area contributed by atoms with Gasteiger partial charge in [-0.2, -0.15) is 14.6 Å². The molecular weight excluding hydrogens is 470 g/mol. The molecule has 0 aliphatic heterocycles. The van der Waals surface area contributed by atoms with E-state index in [2.05, 4.69) is 10.1 Å². The molecular formula is C25H16ClN5O2S. The summed E-state index contributed by atoms with van der Waals surface area (Å²) in [7, 11) is 0. The Morgan fingerprint density at radius 3 is 2.53 bits per heavy atom. The number of nitrogens with zero attached hydrogens (tertiary/aromatic N) is 5. The van der Waals surface area contributed by atoms with Crippen molar-refractivity contribution in [1.29, 1.82) is 0 Å². The second kappa shape index (κ2) is 8.09. The van der Waals surface area contributed by atoms with Crippen LogP contribution in [0.2, 0.25) is 5.02 Å². The third-order valence-electron chi connectivity index (χ3n) is 5.45. The van der Waals surface area contributed by atoms with Crippen molar-refractivity contribution in [3.05, 3.63) is 104 Å². The molecule has 0 amide bonds. The van der Waals surface area contributed by atoms with E-state index in [4.69, 9.17) is 21.1 Å². The largest absolute Gasteiger partial charge is 0.469 e. The van der Waals surface area contributed by atoms with Crippen LogP contribution in [0.15, 0.2) is 82.3 Å². The number of para-hydroxylation sites is 1. The van der Waals surface area contributed by atoms with E-state index < -0.39 is 0 Å². The third kappa shape index (κ3) is 3.53. The lowest BCUT2D eigenvalue weighted by molar-refractivity contribution is 0.535. The number of furan rings is 1. The lowest BCUT2D eigenvalue weighted by Crippen LogP contribution is -2.23. The quantitative estimate of drug-likeness (QED) is 0.359. The molecule has 166 valence electrons. The fraction of sp³-hybridized carbons (Fsp3) is 0.0400. The molecule has 0 aliphatic carbocycles. The van der Waals surface area contributed by atoms with Gasteiger partial charge in [-0.15, -0.1) is 5.10 Å². The van der Waals surface area contributed by atoms with E-state index in [1.54, 1.807) is 17.0 Å². The summed E-state index contributed by atoms with van der Waals surface area (Å²) in [5, 5.41) is 9.86. The first-order chi connectivity index (χ1) is 16.6. The van der Waals surface area contributed by atoms with Gasteiger partial charge in [-0.25, -0.2) is 4.68 Å². The molecule has 0 N–H and O–H groups in total. The Hall–Kier alpha value is -4.01. The van der Waals surface area contributed by atoms with E-state index in [-0.39, 0.29) is 5.56 Å². The van der Waals surface area contributed by atoms with E-state index in [0.717, 1.165) is 28.1 Å². The van der Waals surface area contributed by atoms with Gasteiger partial charge in [0.15, 0.2) is 5.82 Å². The number of rotatable bonds is 4. The smallest absolute Gasteiger partial charge is 0.291 e. The minimum atomic E-state index is -0.227. The van der Waals surface area contributed by atoms with E-state index in [9.17, 15) is 4.79 Å². The molecule has 4 aromatic heterocycles. The Balaban J connectivity index is 1.50. The van der Waals surface area contributed by atoms with Crippen molar-refractivity contribution in [3.8, 4) is 28.3 Å². The molecule has 9 heteroatoms. The van der Waals surface area contributed by atoms with Crippen molar-refractivity contribution in [2.24, 2.45) is 0 Å². The van der Waals surface area contributed by atoms with Crippen molar-refractivity contribution >= 4 is 34.0 Å². The molecule has 6 rings (SSSR count). The number of benzene rings is 2. The number of aromatic nitrogens is 5. The predicted molar refractivity (Wildman–Crippen MR) is 132 cm³/mol. The highest BCUT2D eigenvalue weighted by Crippen LogP contribution is 2.26. The molecule has 0 saturated carbocycles. The fourth-order valence-electron chi connectivity index (χ4n) is 3.74. The van der Waals surface area contributed by atoms with Crippen molar-refractivity contribution in [1.82, 2.24) is 24.4 Å². The Morgan fingerprint density at radius 2 is 1.82 bits per heavy atom.